The summed E-state index contributed by atoms with van der Waals surface area (Å²) in [5.74, 6) is -1.45. The highest BCUT2D eigenvalue weighted by molar-refractivity contribution is 5.85. The number of carbonyl (C=O) groups is 1. The van der Waals surface area contributed by atoms with Gasteiger partial charge in [-0.2, -0.15) is 5.10 Å². The van der Waals surface area contributed by atoms with Crippen LogP contribution in [-0.4, -0.2) is 25.8 Å². The van der Waals surface area contributed by atoms with Crippen LogP contribution in [0.2, 0.25) is 0 Å². The molecule has 0 aliphatic heterocycles. The SMILES string of the molecule is Cc1cn(-c2cccc([N+](=O)[O-])c2)nc(C(=O)O)c1=O. The Kier molecular flexibility index (Phi) is 3.30. The third kappa shape index (κ3) is 2.39. The molecule has 20 heavy (non-hydrogen) atoms. The number of hydrogen-bond acceptors (Lipinski definition) is 5. The summed E-state index contributed by atoms with van der Waals surface area (Å²) in [5, 5.41) is 23.3. The van der Waals surface area contributed by atoms with Gasteiger partial charge in [0.1, 0.15) is 0 Å². The molecule has 0 amide bonds. The maximum atomic E-state index is 11.6. The molecule has 0 radical (unpaired) electrons. The highest BCUT2D eigenvalue weighted by Gasteiger charge is 2.15. The third-order valence-electron chi connectivity index (χ3n) is 2.60. The molecule has 0 saturated heterocycles. The lowest BCUT2D eigenvalue weighted by atomic mass is 10.2. The molecule has 1 aromatic carbocycles. The molecule has 0 fully saturated rings. The molecule has 102 valence electrons. The van der Waals surface area contributed by atoms with E-state index in [1.807, 2.05) is 0 Å². The second-order valence-corrected chi connectivity index (χ2v) is 4.02. The molecule has 1 aromatic heterocycles. The van der Waals surface area contributed by atoms with Crippen LogP contribution >= 0.6 is 0 Å². The lowest BCUT2D eigenvalue weighted by Crippen LogP contribution is -2.23. The van der Waals surface area contributed by atoms with Gasteiger partial charge in [0.15, 0.2) is 0 Å². The first-order valence-electron chi connectivity index (χ1n) is 5.49. The first-order chi connectivity index (χ1) is 9.40. The Morgan fingerprint density at radius 1 is 1.45 bits per heavy atom. The number of nitrogens with zero attached hydrogens (tertiary/aromatic N) is 3. The van der Waals surface area contributed by atoms with Gasteiger partial charge in [-0.3, -0.25) is 14.9 Å². The van der Waals surface area contributed by atoms with Crippen molar-refractivity contribution >= 4 is 11.7 Å². The lowest BCUT2D eigenvalue weighted by molar-refractivity contribution is -0.384. The van der Waals surface area contributed by atoms with Gasteiger partial charge >= 0.3 is 5.97 Å². The van der Waals surface area contributed by atoms with Gasteiger partial charge in [0.25, 0.3) is 5.69 Å². The van der Waals surface area contributed by atoms with E-state index in [-0.39, 0.29) is 11.3 Å². The molecule has 0 saturated carbocycles. The summed E-state index contributed by atoms with van der Waals surface area (Å²) < 4.78 is 1.13. The number of aromatic nitrogens is 2. The third-order valence-corrected chi connectivity index (χ3v) is 2.60. The topological polar surface area (TPSA) is 115 Å². The number of nitro benzene ring substituents is 1. The second-order valence-electron chi connectivity index (χ2n) is 4.02. The summed E-state index contributed by atoms with van der Waals surface area (Å²) >= 11 is 0. The van der Waals surface area contributed by atoms with E-state index in [4.69, 9.17) is 5.11 Å². The van der Waals surface area contributed by atoms with E-state index in [0.29, 0.717) is 5.69 Å². The molecule has 1 N–H and O–H groups in total. The summed E-state index contributed by atoms with van der Waals surface area (Å²) in [6, 6.07) is 5.51. The normalized spacial score (nSPS) is 10.2. The van der Waals surface area contributed by atoms with E-state index in [2.05, 4.69) is 5.10 Å². The molecule has 0 atom stereocenters. The maximum Gasteiger partial charge on any atom is 0.360 e. The molecule has 2 aromatic rings. The van der Waals surface area contributed by atoms with Crippen molar-refractivity contribution in [1.29, 1.82) is 0 Å². The molecule has 0 unspecified atom stereocenters. The smallest absolute Gasteiger partial charge is 0.360 e. The molecule has 0 aliphatic carbocycles. The maximum absolute atomic E-state index is 11.6. The Morgan fingerprint density at radius 2 is 2.15 bits per heavy atom. The van der Waals surface area contributed by atoms with E-state index >= 15 is 0 Å². The van der Waals surface area contributed by atoms with Crippen LogP contribution in [0.3, 0.4) is 0 Å². The van der Waals surface area contributed by atoms with Gasteiger partial charge in [-0.1, -0.05) is 6.07 Å². The summed E-state index contributed by atoms with van der Waals surface area (Å²) in [5.41, 5.74) is -0.984. The number of carboxylic acid groups (broad SMARTS) is 1. The van der Waals surface area contributed by atoms with Gasteiger partial charge in [0.05, 0.1) is 10.6 Å². The van der Waals surface area contributed by atoms with Crippen LogP contribution in [0, 0.1) is 17.0 Å². The molecule has 0 bridgehead atoms. The predicted molar refractivity (Wildman–Crippen MR) is 68.2 cm³/mol. The number of carboxylic acids is 1. The lowest BCUT2D eigenvalue weighted by Gasteiger charge is -2.07. The molecular weight excluding hydrogens is 266 g/mol. The van der Waals surface area contributed by atoms with Crippen molar-refractivity contribution < 1.29 is 14.8 Å². The van der Waals surface area contributed by atoms with Crippen LogP contribution in [0.1, 0.15) is 16.1 Å². The number of benzene rings is 1. The second kappa shape index (κ2) is 4.92. The van der Waals surface area contributed by atoms with Gasteiger partial charge in [-0.25, -0.2) is 9.48 Å². The molecule has 0 aliphatic rings. The minimum Gasteiger partial charge on any atom is -0.476 e. The first-order valence-corrected chi connectivity index (χ1v) is 5.49. The summed E-state index contributed by atoms with van der Waals surface area (Å²) in [4.78, 5) is 32.7. The van der Waals surface area contributed by atoms with Crippen LogP contribution in [0.5, 0.6) is 0 Å². The minimum atomic E-state index is -1.45. The summed E-state index contributed by atoms with van der Waals surface area (Å²) in [6.45, 7) is 1.45. The Labute approximate surface area is 112 Å². The minimum absolute atomic E-state index is 0.155. The largest absolute Gasteiger partial charge is 0.476 e. The Hall–Kier alpha value is -3.03. The van der Waals surface area contributed by atoms with E-state index in [1.165, 1.54) is 37.4 Å². The zero-order valence-electron chi connectivity index (χ0n) is 10.3. The Balaban J connectivity index is 2.64. The molecule has 8 nitrogen and oxygen atoms in total. The van der Waals surface area contributed by atoms with Gasteiger partial charge in [0.2, 0.25) is 11.1 Å². The summed E-state index contributed by atoms with van der Waals surface area (Å²) in [6.07, 6.45) is 1.33. The number of aromatic carboxylic acids is 1. The number of aryl methyl sites for hydroxylation is 1. The average molecular weight is 275 g/mol. The molecule has 1 heterocycles. The standard InChI is InChI=1S/C12H9N3O5/c1-7-6-14(13-10(11(7)16)12(17)18)8-3-2-4-9(5-8)15(19)20/h2-6H,1H3,(H,17,18). The highest BCUT2D eigenvalue weighted by atomic mass is 16.6. The molecule has 2 rings (SSSR count). The number of nitro groups is 1. The van der Waals surface area contributed by atoms with Crippen molar-refractivity contribution in [1.82, 2.24) is 9.78 Å². The van der Waals surface area contributed by atoms with Crippen molar-refractivity contribution in [2.45, 2.75) is 6.92 Å². The van der Waals surface area contributed by atoms with E-state index in [9.17, 15) is 19.7 Å². The first kappa shape index (κ1) is 13.4. The predicted octanol–water partition coefficient (Wildman–Crippen LogP) is 1.15. The van der Waals surface area contributed by atoms with Gasteiger partial charge in [-0.15, -0.1) is 0 Å². The van der Waals surface area contributed by atoms with Gasteiger partial charge in [-0.05, 0) is 13.0 Å². The van der Waals surface area contributed by atoms with Crippen LogP contribution in [0.4, 0.5) is 5.69 Å². The zero-order valence-corrected chi connectivity index (χ0v) is 10.3. The van der Waals surface area contributed by atoms with Crippen LogP contribution < -0.4 is 5.43 Å². The Bertz CT molecular complexity index is 766. The monoisotopic (exact) mass is 275 g/mol. The van der Waals surface area contributed by atoms with Crippen LogP contribution in [0.15, 0.2) is 35.3 Å². The molecule has 8 heteroatoms. The van der Waals surface area contributed by atoms with Crippen molar-refractivity contribution in [3.8, 4) is 5.69 Å². The quantitative estimate of drug-likeness (QED) is 0.663. The van der Waals surface area contributed by atoms with E-state index in [0.717, 1.165) is 4.68 Å². The van der Waals surface area contributed by atoms with Crippen molar-refractivity contribution in [2.75, 3.05) is 0 Å². The van der Waals surface area contributed by atoms with E-state index < -0.39 is 22.0 Å². The van der Waals surface area contributed by atoms with Crippen molar-refractivity contribution in [3.05, 3.63) is 62.1 Å². The number of hydrogen-bond donors (Lipinski definition) is 1. The fourth-order valence-electron chi connectivity index (χ4n) is 1.63. The number of non-ortho nitro benzene ring substituents is 1. The summed E-state index contributed by atoms with van der Waals surface area (Å²) in [7, 11) is 0. The van der Waals surface area contributed by atoms with Crippen LogP contribution in [-0.2, 0) is 0 Å². The fraction of sp³-hybridized carbons (Fsp3) is 0.0833. The van der Waals surface area contributed by atoms with Crippen molar-refractivity contribution in [3.63, 3.8) is 0 Å². The highest BCUT2D eigenvalue weighted by Crippen LogP contribution is 2.15. The average Bonchev–Trinajstić information content (AvgIpc) is 2.41. The van der Waals surface area contributed by atoms with Crippen molar-refractivity contribution in [2.24, 2.45) is 0 Å². The molecular formula is C12H9N3O5. The Morgan fingerprint density at radius 3 is 2.75 bits per heavy atom. The van der Waals surface area contributed by atoms with Gasteiger partial charge < -0.3 is 5.11 Å². The van der Waals surface area contributed by atoms with Crippen LogP contribution in [0.25, 0.3) is 5.69 Å². The van der Waals surface area contributed by atoms with E-state index in [1.54, 1.807) is 0 Å². The fourth-order valence-corrected chi connectivity index (χ4v) is 1.63. The number of rotatable bonds is 3. The zero-order chi connectivity index (χ0) is 14.9. The van der Waals surface area contributed by atoms with Gasteiger partial charge in [0, 0.05) is 23.9 Å². The molecule has 0 spiro atoms.